The summed E-state index contributed by atoms with van der Waals surface area (Å²) in [6.07, 6.45) is -2.68. The summed E-state index contributed by atoms with van der Waals surface area (Å²) in [6, 6.07) is 0. The smallest absolute Gasteiger partial charge is 0.206 e. The maximum Gasteiger partial charge on any atom is 0.512 e. The van der Waals surface area contributed by atoms with Crippen molar-refractivity contribution in [1.29, 1.82) is 0 Å². The third-order valence-corrected chi connectivity index (χ3v) is 5.71. The molecule has 1 N–H and O–H groups in total. The average Bonchev–Trinajstić information content (AvgIpc) is 2.22. The number of allylic oxidation sites excluding steroid dienone is 5. The van der Waals surface area contributed by atoms with Gasteiger partial charge in [0.25, 0.3) is 10.0 Å². The van der Waals surface area contributed by atoms with Gasteiger partial charge in [0.05, 0.1) is 10.5 Å². The quantitative estimate of drug-likeness (QED) is 0.757. The molecule has 5 nitrogen and oxygen atoms in total. The number of nitrogens with one attached hydrogen (secondary N) is 1. The first kappa shape index (κ1) is 19.7. The Labute approximate surface area is 127 Å². The highest BCUT2D eigenvalue weighted by Crippen LogP contribution is 2.30. The Morgan fingerprint density at radius 2 is 1.52 bits per heavy atom. The summed E-state index contributed by atoms with van der Waals surface area (Å²) >= 11 is 0. The van der Waals surface area contributed by atoms with Crippen LogP contribution in [0, 0.1) is 0 Å². The molecule has 0 heterocycles. The van der Waals surface area contributed by atoms with Crippen molar-refractivity contribution in [3.8, 4) is 0 Å². The largest absolute Gasteiger partial charge is 0.512 e. The lowest BCUT2D eigenvalue weighted by atomic mass is 10.1. The van der Waals surface area contributed by atoms with E-state index in [0.717, 1.165) is 6.08 Å². The zero-order valence-corrected chi connectivity index (χ0v) is 12.6. The third-order valence-electron chi connectivity index (χ3n) is 2.44. The lowest BCUT2D eigenvalue weighted by Crippen LogP contribution is -2.40. The van der Waals surface area contributed by atoms with Crippen LogP contribution in [0.5, 0.6) is 0 Å². The van der Waals surface area contributed by atoms with E-state index in [-0.39, 0.29) is 18.9 Å². The molecule has 0 aliphatic heterocycles. The van der Waals surface area contributed by atoms with Crippen molar-refractivity contribution in [1.82, 2.24) is 4.13 Å². The minimum absolute atomic E-state index is 0.0154. The summed E-state index contributed by atoms with van der Waals surface area (Å²) in [5.74, 6) is 0. The number of halogens is 6. The molecule has 132 valence electrons. The van der Waals surface area contributed by atoms with Crippen LogP contribution in [0.4, 0.5) is 26.3 Å². The van der Waals surface area contributed by atoms with Crippen molar-refractivity contribution < 1.29 is 43.2 Å². The van der Waals surface area contributed by atoms with Gasteiger partial charge in [-0.3, -0.25) is 0 Å². The number of hydrogen-bond donors (Lipinski definition) is 1. The van der Waals surface area contributed by atoms with Crippen LogP contribution in [0.3, 0.4) is 0 Å². The molecule has 0 aromatic carbocycles. The predicted molar refractivity (Wildman–Crippen MR) is 67.6 cm³/mol. The maximum atomic E-state index is 12.7. The Hall–Kier alpha value is -1.34. The van der Waals surface area contributed by atoms with Crippen molar-refractivity contribution in [2.24, 2.45) is 0 Å². The Bertz CT molecular complexity index is 756. The van der Waals surface area contributed by atoms with Gasteiger partial charge < -0.3 is 0 Å². The molecule has 0 bridgehead atoms. The van der Waals surface area contributed by atoms with Crippen molar-refractivity contribution in [3.05, 3.63) is 34.8 Å². The lowest BCUT2D eigenvalue weighted by molar-refractivity contribution is -0.0882. The summed E-state index contributed by atoms with van der Waals surface area (Å²) in [7, 11) is -11.7. The first-order valence-electron chi connectivity index (χ1n) is 5.67. The molecular formula is C10H9F6NO4S2. The minimum Gasteiger partial charge on any atom is -0.206 e. The van der Waals surface area contributed by atoms with Crippen molar-refractivity contribution in [2.45, 2.75) is 24.5 Å². The molecule has 0 amide bonds. The zero-order valence-electron chi connectivity index (χ0n) is 10.9. The second-order valence-electron chi connectivity index (χ2n) is 4.22. The van der Waals surface area contributed by atoms with E-state index >= 15 is 0 Å². The molecule has 0 aromatic rings. The molecule has 0 spiro atoms. The standard InChI is InChI=1S/C10H9F6NO4S2/c11-9(12,13)7-4-2-1-3-5-8(6-7)22(18,19)17-23(20,21)10(14,15)16/h2,4-6,17H,1,3H2/b4-2+,7-6?,8-5?. The van der Waals surface area contributed by atoms with Gasteiger partial charge in [-0.1, -0.05) is 22.4 Å². The number of rotatable bonds is 3. The molecule has 13 heteroatoms. The molecular weight excluding hydrogens is 376 g/mol. The molecule has 0 aromatic heterocycles. The van der Waals surface area contributed by atoms with Crippen LogP contribution in [-0.4, -0.2) is 28.5 Å². The summed E-state index contributed by atoms with van der Waals surface area (Å²) < 4.78 is 120. The monoisotopic (exact) mass is 385 g/mol. The molecule has 23 heavy (non-hydrogen) atoms. The highest BCUT2D eigenvalue weighted by atomic mass is 32.3. The van der Waals surface area contributed by atoms with Gasteiger partial charge in [-0.15, -0.1) is 0 Å². The van der Waals surface area contributed by atoms with Gasteiger partial charge in [0.1, 0.15) is 0 Å². The van der Waals surface area contributed by atoms with Crippen LogP contribution in [0.25, 0.3) is 0 Å². The van der Waals surface area contributed by atoms with Gasteiger partial charge in [0.15, 0.2) is 0 Å². The van der Waals surface area contributed by atoms with Crippen LogP contribution in [0.2, 0.25) is 0 Å². The predicted octanol–water partition coefficient (Wildman–Crippen LogP) is 2.48. The summed E-state index contributed by atoms with van der Waals surface area (Å²) in [6.45, 7) is 0. The Morgan fingerprint density at radius 1 is 0.957 bits per heavy atom. The molecule has 0 unspecified atom stereocenters. The van der Waals surface area contributed by atoms with Gasteiger partial charge in [0.2, 0.25) is 0 Å². The molecule has 1 aliphatic carbocycles. The fourth-order valence-corrected chi connectivity index (χ4v) is 3.93. The van der Waals surface area contributed by atoms with Crippen LogP contribution in [0.1, 0.15) is 12.8 Å². The average molecular weight is 385 g/mol. The van der Waals surface area contributed by atoms with E-state index < -0.39 is 42.2 Å². The highest BCUT2D eigenvalue weighted by Gasteiger charge is 2.48. The highest BCUT2D eigenvalue weighted by molar-refractivity contribution is 8.07. The summed E-state index contributed by atoms with van der Waals surface area (Å²) in [5, 5.41) is 0. The summed E-state index contributed by atoms with van der Waals surface area (Å²) in [4.78, 5) is -1.22. The SMILES string of the molecule is O=S(=O)(NS(=O)(=O)C(F)(F)F)C1=CCC/C=C/C(C(F)(F)F)=C1. The van der Waals surface area contributed by atoms with E-state index in [0.29, 0.717) is 16.3 Å². The van der Waals surface area contributed by atoms with Crippen molar-refractivity contribution in [2.75, 3.05) is 0 Å². The summed E-state index contributed by atoms with van der Waals surface area (Å²) in [5.41, 5.74) is -7.38. The lowest BCUT2D eigenvalue weighted by Gasteiger charge is -2.14. The van der Waals surface area contributed by atoms with E-state index in [4.69, 9.17) is 0 Å². The van der Waals surface area contributed by atoms with Crippen LogP contribution in [-0.2, 0) is 20.0 Å². The first-order valence-corrected chi connectivity index (χ1v) is 8.64. The topological polar surface area (TPSA) is 80.3 Å². The molecule has 0 radical (unpaired) electrons. The number of hydrogen-bond acceptors (Lipinski definition) is 4. The van der Waals surface area contributed by atoms with Gasteiger partial charge >= 0.3 is 21.7 Å². The van der Waals surface area contributed by atoms with Crippen LogP contribution >= 0.6 is 0 Å². The van der Waals surface area contributed by atoms with Gasteiger partial charge in [-0.05, 0) is 18.9 Å². The van der Waals surface area contributed by atoms with E-state index in [9.17, 15) is 43.2 Å². The van der Waals surface area contributed by atoms with Crippen molar-refractivity contribution in [3.63, 3.8) is 0 Å². The fraction of sp³-hybridized carbons (Fsp3) is 0.400. The van der Waals surface area contributed by atoms with Crippen molar-refractivity contribution >= 4 is 20.0 Å². The molecule has 0 fully saturated rings. The molecule has 0 saturated heterocycles. The Kier molecular flexibility index (Phi) is 5.38. The molecule has 1 rings (SSSR count). The van der Waals surface area contributed by atoms with Gasteiger partial charge in [-0.2, -0.15) is 26.3 Å². The minimum atomic E-state index is -6.29. The normalized spacial score (nSPS) is 19.4. The second kappa shape index (κ2) is 6.28. The van der Waals surface area contributed by atoms with Gasteiger partial charge in [-0.25, -0.2) is 16.8 Å². The number of alkyl halides is 6. The van der Waals surface area contributed by atoms with E-state index in [2.05, 4.69) is 0 Å². The van der Waals surface area contributed by atoms with Gasteiger partial charge in [0, 0.05) is 0 Å². The van der Waals surface area contributed by atoms with E-state index in [1.165, 1.54) is 0 Å². The Morgan fingerprint density at radius 3 is 2.00 bits per heavy atom. The van der Waals surface area contributed by atoms with Crippen LogP contribution < -0.4 is 4.13 Å². The first-order chi connectivity index (χ1) is 10.2. The fourth-order valence-electron chi connectivity index (χ4n) is 1.40. The third kappa shape index (κ3) is 5.07. The maximum absolute atomic E-state index is 12.7. The zero-order chi connectivity index (χ0) is 18.1. The second-order valence-corrected chi connectivity index (χ2v) is 7.83. The molecule has 0 atom stereocenters. The number of sulfonamides is 2. The van der Waals surface area contributed by atoms with E-state index in [1.54, 1.807) is 0 Å². The molecule has 0 saturated carbocycles. The Balaban J connectivity index is 3.34. The van der Waals surface area contributed by atoms with E-state index in [1.807, 2.05) is 0 Å². The molecule has 1 aliphatic rings. The van der Waals surface area contributed by atoms with Crippen LogP contribution in [0.15, 0.2) is 34.8 Å².